The van der Waals surface area contributed by atoms with Crippen LogP contribution in [-0.4, -0.2) is 89.1 Å². The van der Waals surface area contributed by atoms with Crippen molar-refractivity contribution in [2.75, 3.05) is 53.1 Å². The quantitative estimate of drug-likeness (QED) is 0.197. The minimum Gasteiger partial charge on any atom is -0.505 e. The zero-order valence-electron chi connectivity index (χ0n) is 25.8. The number of likely N-dealkylation sites (tertiary alicyclic amines) is 1. The highest BCUT2D eigenvalue weighted by atomic mass is 16.5. The Kier molecular flexibility index (Phi) is 9.37. The number of ketones is 1. The lowest BCUT2D eigenvalue weighted by atomic mass is 9.96. The zero-order chi connectivity index (χ0) is 30.7. The predicted octanol–water partition coefficient (Wildman–Crippen LogP) is 4.53. The van der Waals surface area contributed by atoms with Gasteiger partial charge in [0.15, 0.2) is 17.3 Å². The molecule has 0 saturated carbocycles. The molecule has 1 unspecified atom stereocenters. The summed E-state index contributed by atoms with van der Waals surface area (Å²) < 4.78 is 19.0. The molecule has 43 heavy (non-hydrogen) atoms. The first kappa shape index (κ1) is 30.6. The fourth-order valence-electron chi connectivity index (χ4n) is 5.80. The average Bonchev–Trinajstić information content (AvgIpc) is 3.47. The molecule has 2 fully saturated rings. The van der Waals surface area contributed by atoms with Crippen molar-refractivity contribution < 1.29 is 28.9 Å². The first-order valence-corrected chi connectivity index (χ1v) is 15.0. The van der Waals surface area contributed by atoms with Gasteiger partial charge in [0.2, 0.25) is 0 Å². The standard InChI is InChI=1S/C33H42N4O6/c1-21(2)11-17-43-25-10-9-24(20-26(25)41-5)29-27(30(38)28-23(4)36-13-6-8-22(3)32(36)34-28)31(39)33(40)37(29)14-7-12-35-15-18-42-19-16-35/h6,8-10,13,20-21,29,38H,7,11-12,14-19H2,1-5H3/b30-27+. The van der Waals surface area contributed by atoms with Gasteiger partial charge < -0.3 is 28.6 Å². The maximum Gasteiger partial charge on any atom is 0.295 e. The van der Waals surface area contributed by atoms with Crippen LogP contribution in [0.1, 0.15) is 55.2 Å². The molecule has 1 amide bonds. The number of aliphatic hydroxyl groups is 1. The molecule has 0 spiro atoms. The van der Waals surface area contributed by atoms with Gasteiger partial charge in [-0.1, -0.05) is 26.0 Å². The van der Waals surface area contributed by atoms with Crippen LogP contribution >= 0.6 is 0 Å². The number of pyridine rings is 1. The highest BCUT2D eigenvalue weighted by molar-refractivity contribution is 6.46. The number of fused-ring (bicyclic) bond motifs is 1. The van der Waals surface area contributed by atoms with Gasteiger partial charge in [0, 0.05) is 32.4 Å². The van der Waals surface area contributed by atoms with Crippen LogP contribution in [0.3, 0.4) is 0 Å². The Morgan fingerprint density at radius 2 is 1.88 bits per heavy atom. The van der Waals surface area contributed by atoms with E-state index in [0.717, 1.165) is 31.6 Å². The summed E-state index contributed by atoms with van der Waals surface area (Å²) in [5.41, 5.74) is 3.25. The van der Waals surface area contributed by atoms with Crippen molar-refractivity contribution in [2.24, 2.45) is 5.92 Å². The summed E-state index contributed by atoms with van der Waals surface area (Å²) in [4.78, 5) is 35.8. The molecule has 3 aromatic rings. The van der Waals surface area contributed by atoms with Gasteiger partial charge in [-0.05, 0) is 61.9 Å². The number of ether oxygens (including phenoxy) is 3. The number of carbonyl (C=O) groups excluding carboxylic acids is 2. The molecule has 10 heteroatoms. The Hall–Kier alpha value is -3.89. The number of rotatable bonds is 11. The van der Waals surface area contributed by atoms with Gasteiger partial charge in [0.05, 0.1) is 44.2 Å². The number of imidazole rings is 1. The van der Waals surface area contributed by atoms with Crippen molar-refractivity contribution in [2.45, 2.75) is 46.6 Å². The van der Waals surface area contributed by atoms with Crippen LogP contribution in [-0.2, 0) is 14.3 Å². The second-order valence-electron chi connectivity index (χ2n) is 11.7. The smallest absolute Gasteiger partial charge is 0.295 e. The summed E-state index contributed by atoms with van der Waals surface area (Å²) in [6.45, 7) is 12.8. The molecule has 0 radical (unpaired) electrons. The van der Waals surface area contributed by atoms with Gasteiger partial charge in [-0.25, -0.2) is 4.98 Å². The normalized spacial score (nSPS) is 19.1. The Morgan fingerprint density at radius 1 is 1.12 bits per heavy atom. The summed E-state index contributed by atoms with van der Waals surface area (Å²) in [5, 5.41) is 11.7. The number of aryl methyl sites for hydroxylation is 2. The van der Waals surface area contributed by atoms with Crippen LogP contribution in [0.25, 0.3) is 11.4 Å². The van der Waals surface area contributed by atoms with E-state index in [0.29, 0.717) is 67.1 Å². The zero-order valence-corrected chi connectivity index (χ0v) is 25.8. The molecule has 2 aliphatic heterocycles. The number of benzene rings is 1. The Balaban J connectivity index is 1.55. The van der Waals surface area contributed by atoms with E-state index < -0.39 is 17.7 Å². The number of methoxy groups -OCH3 is 1. The van der Waals surface area contributed by atoms with Crippen molar-refractivity contribution in [3.63, 3.8) is 0 Å². The summed E-state index contributed by atoms with van der Waals surface area (Å²) in [6, 6.07) is 8.48. The molecule has 5 rings (SSSR count). The molecular weight excluding hydrogens is 548 g/mol. The van der Waals surface area contributed by atoms with Crippen LogP contribution in [0.5, 0.6) is 11.5 Å². The molecular formula is C33H42N4O6. The first-order chi connectivity index (χ1) is 20.7. The van der Waals surface area contributed by atoms with Crippen molar-refractivity contribution in [1.82, 2.24) is 19.2 Å². The molecule has 0 aliphatic carbocycles. The van der Waals surface area contributed by atoms with Gasteiger partial charge in [-0.2, -0.15) is 0 Å². The number of hydrogen-bond donors (Lipinski definition) is 1. The van der Waals surface area contributed by atoms with Crippen molar-refractivity contribution in [3.05, 3.63) is 64.6 Å². The SMILES string of the molecule is COc1cc(C2/C(=C(\O)c3nc4c(C)cccn4c3C)C(=O)C(=O)N2CCCN2CCOCC2)ccc1OCCC(C)C. The number of carbonyl (C=O) groups is 2. The highest BCUT2D eigenvalue weighted by Crippen LogP contribution is 2.42. The van der Waals surface area contributed by atoms with Gasteiger partial charge in [0.25, 0.3) is 11.7 Å². The minimum atomic E-state index is -0.811. The number of amides is 1. The van der Waals surface area contributed by atoms with Crippen molar-refractivity contribution >= 4 is 23.1 Å². The van der Waals surface area contributed by atoms with Crippen LogP contribution in [0.15, 0.2) is 42.1 Å². The Morgan fingerprint density at radius 3 is 2.58 bits per heavy atom. The predicted molar refractivity (Wildman–Crippen MR) is 163 cm³/mol. The lowest BCUT2D eigenvalue weighted by Crippen LogP contribution is -2.39. The average molecular weight is 591 g/mol. The van der Waals surface area contributed by atoms with Crippen molar-refractivity contribution in [3.8, 4) is 11.5 Å². The van der Waals surface area contributed by atoms with Gasteiger partial charge >= 0.3 is 0 Å². The molecule has 230 valence electrons. The molecule has 2 saturated heterocycles. The number of morpholine rings is 1. The molecule has 0 bridgehead atoms. The highest BCUT2D eigenvalue weighted by Gasteiger charge is 2.46. The maximum absolute atomic E-state index is 13.7. The second-order valence-corrected chi connectivity index (χ2v) is 11.7. The summed E-state index contributed by atoms with van der Waals surface area (Å²) in [6.07, 6.45) is 3.43. The molecule has 2 aliphatic rings. The van der Waals surface area contributed by atoms with Gasteiger partial charge in [-0.15, -0.1) is 0 Å². The summed E-state index contributed by atoms with van der Waals surface area (Å²) >= 11 is 0. The van der Waals surface area contributed by atoms with E-state index in [-0.39, 0.29) is 17.0 Å². The molecule has 1 N–H and O–H groups in total. The fourth-order valence-corrected chi connectivity index (χ4v) is 5.80. The number of aromatic nitrogens is 2. The number of nitrogens with zero attached hydrogens (tertiary/aromatic N) is 4. The van der Waals surface area contributed by atoms with Crippen LogP contribution in [0, 0.1) is 19.8 Å². The molecule has 1 atom stereocenters. The maximum atomic E-state index is 13.7. The number of aliphatic hydroxyl groups excluding tert-OH is 1. The van der Waals surface area contributed by atoms with E-state index in [2.05, 4.69) is 18.7 Å². The Bertz CT molecular complexity index is 1520. The minimum absolute atomic E-state index is 0.0241. The van der Waals surface area contributed by atoms with E-state index in [1.54, 1.807) is 18.1 Å². The molecule has 10 nitrogen and oxygen atoms in total. The molecule has 2 aromatic heterocycles. The summed E-state index contributed by atoms with van der Waals surface area (Å²) in [5.74, 6) is -0.0617. The summed E-state index contributed by atoms with van der Waals surface area (Å²) in [7, 11) is 1.57. The lowest BCUT2D eigenvalue weighted by Gasteiger charge is -2.29. The third-order valence-electron chi connectivity index (χ3n) is 8.28. The largest absolute Gasteiger partial charge is 0.505 e. The van der Waals surface area contributed by atoms with Gasteiger partial charge in [-0.3, -0.25) is 14.5 Å². The topological polar surface area (TPSA) is 106 Å². The number of hydrogen-bond acceptors (Lipinski definition) is 8. The van der Waals surface area contributed by atoms with E-state index >= 15 is 0 Å². The van der Waals surface area contributed by atoms with E-state index in [1.807, 2.05) is 48.7 Å². The van der Waals surface area contributed by atoms with E-state index in [4.69, 9.17) is 19.2 Å². The lowest BCUT2D eigenvalue weighted by molar-refractivity contribution is -0.140. The molecule has 1 aromatic carbocycles. The Labute approximate surface area is 252 Å². The first-order valence-electron chi connectivity index (χ1n) is 15.0. The number of Topliss-reactive ketones (excluding diaryl/α,β-unsaturated/α-hetero) is 1. The van der Waals surface area contributed by atoms with E-state index in [1.165, 1.54) is 0 Å². The van der Waals surface area contributed by atoms with Crippen molar-refractivity contribution in [1.29, 1.82) is 0 Å². The fraction of sp³-hybridized carbons (Fsp3) is 0.485. The monoisotopic (exact) mass is 590 g/mol. The van der Waals surface area contributed by atoms with Crippen LogP contribution < -0.4 is 9.47 Å². The molecule has 4 heterocycles. The van der Waals surface area contributed by atoms with Crippen LogP contribution in [0.4, 0.5) is 0 Å². The van der Waals surface area contributed by atoms with E-state index in [9.17, 15) is 14.7 Å². The van der Waals surface area contributed by atoms with Gasteiger partial charge in [0.1, 0.15) is 11.3 Å². The third-order valence-corrected chi connectivity index (χ3v) is 8.28. The van der Waals surface area contributed by atoms with Crippen LogP contribution in [0.2, 0.25) is 0 Å². The third kappa shape index (κ3) is 6.26. The second kappa shape index (κ2) is 13.2.